The minimum absolute atomic E-state index is 0.124. The van der Waals surface area contributed by atoms with Gasteiger partial charge in [0, 0.05) is 12.6 Å². The molecule has 2 atom stereocenters. The van der Waals surface area contributed by atoms with Crippen molar-refractivity contribution >= 4 is 5.91 Å². The maximum atomic E-state index is 13.6. The Morgan fingerprint density at radius 1 is 1.16 bits per heavy atom. The Morgan fingerprint density at radius 3 is 2.56 bits per heavy atom. The Bertz CT molecular complexity index is 767. The summed E-state index contributed by atoms with van der Waals surface area (Å²) in [6.07, 6.45) is 2.77. The number of hydrogen-bond donors (Lipinski definition) is 0. The van der Waals surface area contributed by atoms with Crippen molar-refractivity contribution in [2.45, 2.75) is 44.8 Å². The monoisotopic (exact) mass is 337 g/mol. The molecule has 130 valence electrons. The highest BCUT2D eigenvalue weighted by molar-refractivity contribution is 5.81. The average Bonchev–Trinajstić information content (AvgIpc) is 3.29. The molecule has 1 saturated heterocycles. The molecule has 1 saturated carbocycles. The molecule has 2 unspecified atom stereocenters. The van der Waals surface area contributed by atoms with E-state index in [1.54, 1.807) is 0 Å². The van der Waals surface area contributed by atoms with E-state index >= 15 is 0 Å². The summed E-state index contributed by atoms with van der Waals surface area (Å²) in [4.78, 5) is 14.1. The first-order valence-electron chi connectivity index (χ1n) is 9.15. The van der Waals surface area contributed by atoms with Crippen LogP contribution in [0.3, 0.4) is 0 Å². The van der Waals surface area contributed by atoms with E-state index in [4.69, 9.17) is 0 Å². The van der Waals surface area contributed by atoms with Crippen molar-refractivity contribution in [2.24, 2.45) is 5.41 Å². The summed E-state index contributed by atoms with van der Waals surface area (Å²) in [6.45, 7) is 2.09. The molecule has 1 aliphatic carbocycles. The normalized spacial score (nSPS) is 22.2. The number of benzene rings is 2. The Kier molecular flexibility index (Phi) is 4.10. The van der Waals surface area contributed by atoms with Gasteiger partial charge >= 0.3 is 0 Å². The zero-order valence-corrected chi connectivity index (χ0v) is 14.6. The third-order valence-electron chi connectivity index (χ3n) is 5.70. The molecule has 1 heterocycles. The highest BCUT2D eigenvalue weighted by atomic mass is 19.1. The summed E-state index contributed by atoms with van der Waals surface area (Å²) in [5.41, 5.74) is 3.88. The molecule has 2 aromatic rings. The van der Waals surface area contributed by atoms with Crippen LogP contribution in [0.1, 0.15) is 31.7 Å². The maximum Gasteiger partial charge on any atom is 0.257 e. The molecule has 3 heteroatoms. The Hall–Kier alpha value is -2.16. The first-order chi connectivity index (χ1) is 12.1. The van der Waals surface area contributed by atoms with Gasteiger partial charge in [-0.1, -0.05) is 54.6 Å². The number of amides is 1. The molecule has 2 nitrogen and oxygen atoms in total. The molecule has 2 aliphatic rings. The van der Waals surface area contributed by atoms with Gasteiger partial charge in [-0.2, -0.15) is 0 Å². The number of carbonyl (C=O) groups excluding carboxylic acids is 1. The first kappa shape index (κ1) is 16.3. The van der Waals surface area contributed by atoms with Crippen molar-refractivity contribution in [3.63, 3.8) is 0 Å². The zero-order valence-electron chi connectivity index (χ0n) is 14.6. The lowest BCUT2D eigenvalue weighted by Crippen LogP contribution is -2.41. The molecule has 0 bridgehead atoms. The molecule has 0 radical (unpaired) electrons. The van der Waals surface area contributed by atoms with Crippen LogP contribution >= 0.6 is 0 Å². The van der Waals surface area contributed by atoms with E-state index in [2.05, 4.69) is 36.4 Å². The van der Waals surface area contributed by atoms with Gasteiger partial charge in [-0.15, -0.1) is 0 Å². The van der Waals surface area contributed by atoms with Crippen LogP contribution < -0.4 is 0 Å². The number of carbonyl (C=O) groups is 1. The fourth-order valence-electron chi connectivity index (χ4n) is 4.15. The molecule has 2 aromatic carbocycles. The lowest BCUT2D eigenvalue weighted by atomic mass is 9.96. The van der Waals surface area contributed by atoms with E-state index in [0.717, 1.165) is 19.4 Å². The Morgan fingerprint density at radius 2 is 1.88 bits per heavy atom. The smallest absolute Gasteiger partial charge is 0.257 e. The predicted molar refractivity (Wildman–Crippen MR) is 97.9 cm³/mol. The first-order valence-corrected chi connectivity index (χ1v) is 9.15. The fourth-order valence-corrected chi connectivity index (χ4v) is 4.15. The van der Waals surface area contributed by atoms with Crippen molar-refractivity contribution < 1.29 is 9.18 Å². The summed E-state index contributed by atoms with van der Waals surface area (Å²) in [5.74, 6) is -0.340. The Balaban J connectivity index is 1.55. The second kappa shape index (κ2) is 6.29. The van der Waals surface area contributed by atoms with Gasteiger partial charge in [0.15, 0.2) is 6.17 Å². The zero-order chi connectivity index (χ0) is 17.4. The van der Waals surface area contributed by atoms with Gasteiger partial charge in [0.1, 0.15) is 0 Å². The van der Waals surface area contributed by atoms with Crippen LogP contribution in [-0.2, 0) is 11.2 Å². The number of hydrogen-bond acceptors (Lipinski definition) is 1. The number of rotatable bonds is 4. The van der Waals surface area contributed by atoms with E-state index in [0.29, 0.717) is 0 Å². The average molecular weight is 337 g/mol. The van der Waals surface area contributed by atoms with Gasteiger partial charge in [0.25, 0.3) is 5.91 Å². The third kappa shape index (κ3) is 3.33. The van der Waals surface area contributed by atoms with Gasteiger partial charge < -0.3 is 4.90 Å². The second-order valence-electron chi connectivity index (χ2n) is 7.71. The molecule has 2 fully saturated rings. The molecule has 1 spiro atoms. The summed E-state index contributed by atoms with van der Waals surface area (Å²) in [7, 11) is 0. The van der Waals surface area contributed by atoms with E-state index in [9.17, 15) is 9.18 Å². The number of nitrogens with zero attached hydrogens (tertiary/aromatic N) is 1. The molecular formula is C22H24FNO. The van der Waals surface area contributed by atoms with E-state index in [1.165, 1.54) is 36.5 Å². The standard InChI is InChI=1S/C22H24FNO/c1-16(23)21(25)24-15-22(10-11-22)14-20(24)13-17-6-5-9-19(12-17)18-7-3-2-4-8-18/h2-9,12,16,20H,10-11,13-15H2,1H3. The van der Waals surface area contributed by atoms with E-state index in [-0.39, 0.29) is 17.4 Å². The summed E-state index contributed by atoms with van der Waals surface area (Å²) in [5, 5.41) is 0. The third-order valence-corrected chi connectivity index (χ3v) is 5.70. The largest absolute Gasteiger partial charge is 0.336 e. The fraction of sp³-hybridized carbons (Fsp3) is 0.409. The van der Waals surface area contributed by atoms with Crippen molar-refractivity contribution in [3.8, 4) is 11.1 Å². The molecule has 1 amide bonds. The van der Waals surface area contributed by atoms with Crippen molar-refractivity contribution in [1.29, 1.82) is 0 Å². The topological polar surface area (TPSA) is 20.3 Å². The minimum Gasteiger partial charge on any atom is -0.336 e. The van der Waals surface area contributed by atoms with Crippen LogP contribution in [0.25, 0.3) is 11.1 Å². The highest BCUT2D eigenvalue weighted by Crippen LogP contribution is 2.55. The van der Waals surface area contributed by atoms with Gasteiger partial charge in [0.05, 0.1) is 0 Å². The van der Waals surface area contributed by atoms with E-state index in [1.807, 2.05) is 23.1 Å². The molecule has 25 heavy (non-hydrogen) atoms. The molecule has 0 N–H and O–H groups in total. The minimum atomic E-state index is -1.41. The molecule has 1 aliphatic heterocycles. The summed E-state index contributed by atoms with van der Waals surface area (Å²) in [6, 6.07) is 18.9. The van der Waals surface area contributed by atoms with Crippen molar-refractivity contribution in [1.82, 2.24) is 4.90 Å². The molecule has 0 aromatic heterocycles. The van der Waals surface area contributed by atoms with Crippen LogP contribution in [0.2, 0.25) is 0 Å². The lowest BCUT2D eigenvalue weighted by Gasteiger charge is -2.25. The highest BCUT2D eigenvalue weighted by Gasteiger charge is 2.53. The lowest BCUT2D eigenvalue weighted by molar-refractivity contribution is -0.136. The second-order valence-corrected chi connectivity index (χ2v) is 7.71. The number of halogens is 1. The quantitative estimate of drug-likeness (QED) is 0.796. The molecule has 4 rings (SSSR count). The molecular weight excluding hydrogens is 313 g/mol. The van der Waals surface area contributed by atoms with Gasteiger partial charge in [0.2, 0.25) is 0 Å². The van der Waals surface area contributed by atoms with Crippen LogP contribution in [0.5, 0.6) is 0 Å². The van der Waals surface area contributed by atoms with Crippen LogP contribution in [0.15, 0.2) is 54.6 Å². The number of alkyl halides is 1. The van der Waals surface area contributed by atoms with Crippen molar-refractivity contribution in [2.75, 3.05) is 6.54 Å². The SMILES string of the molecule is CC(F)C(=O)N1CC2(CC2)CC1Cc1cccc(-c2ccccc2)c1. The maximum absolute atomic E-state index is 13.6. The predicted octanol–water partition coefficient (Wildman–Crippen LogP) is 4.64. The summed E-state index contributed by atoms with van der Waals surface area (Å²) < 4.78 is 13.6. The van der Waals surface area contributed by atoms with E-state index < -0.39 is 6.17 Å². The number of likely N-dealkylation sites (tertiary alicyclic amines) is 1. The van der Waals surface area contributed by atoms with Crippen LogP contribution in [-0.4, -0.2) is 29.6 Å². The van der Waals surface area contributed by atoms with Crippen LogP contribution in [0, 0.1) is 5.41 Å². The van der Waals surface area contributed by atoms with Gasteiger partial charge in [-0.25, -0.2) is 4.39 Å². The van der Waals surface area contributed by atoms with Gasteiger partial charge in [-0.3, -0.25) is 4.79 Å². The summed E-state index contributed by atoms with van der Waals surface area (Å²) >= 11 is 0. The van der Waals surface area contributed by atoms with Crippen molar-refractivity contribution in [3.05, 3.63) is 60.2 Å². The Labute approximate surface area is 148 Å². The van der Waals surface area contributed by atoms with Crippen LogP contribution in [0.4, 0.5) is 4.39 Å². The van der Waals surface area contributed by atoms with Gasteiger partial charge in [-0.05, 0) is 54.7 Å².